The molecule has 0 spiro atoms. The van der Waals surface area contributed by atoms with Gasteiger partial charge in [-0.2, -0.15) is 0 Å². The van der Waals surface area contributed by atoms with Crippen LogP contribution in [0.2, 0.25) is 0 Å². The summed E-state index contributed by atoms with van der Waals surface area (Å²) in [5.74, 6) is 1.84. The highest BCUT2D eigenvalue weighted by Crippen LogP contribution is 2.20. The van der Waals surface area contributed by atoms with E-state index in [1.807, 2.05) is 0 Å². The van der Waals surface area contributed by atoms with Gasteiger partial charge in [0, 0.05) is 46.5 Å². The number of nitrogens with zero attached hydrogens (tertiary/aromatic N) is 2. The van der Waals surface area contributed by atoms with E-state index >= 15 is 0 Å². The summed E-state index contributed by atoms with van der Waals surface area (Å²) in [4.78, 5) is 7.07. The summed E-state index contributed by atoms with van der Waals surface area (Å²) < 4.78 is 11.4. The van der Waals surface area contributed by atoms with Gasteiger partial charge in [-0.3, -0.25) is 4.99 Å². The molecule has 26 heavy (non-hydrogen) atoms. The standard InChI is InChI=1S/C20H39N3O2.HI/c1-3-21-20(23(2)14-10-18-11-16-24-17-12-18)22-13-7-15-25-19-8-5-4-6-9-19;/h18-19H,3-17H2,1-2H3,(H,21,22);1H. The maximum atomic E-state index is 6.00. The average molecular weight is 481 g/mol. The van der Waals surface area contributed by atoms with Crippen LogP contribution in [0.15, 0.2) is 4.99 Å². The molecular weight excluding hydrogens is 441 g/mol. The Hall–Kier alpha value is -0.0800. The molecule has 154 valence electrons. The predicted molar refractivity (Wildman–Crippen MR) is 120 cm³/mol. The fourth-order valence-electron chi connectivity index (χ4n) is 3.72. The van der Waals surface area contributed by atoms with Gasteiger partial charge in [0.05, 0.1) is 6.10 Å². The lowest BCUT2D eigenvalue weighted by Gasteiger charge is -2.27. The normalized spacial score (nSPS) is 19.8. The summed E-state index contributed by atoms with van der Waals surface area (Å²) in [5, 5.41) is 3.42. The molecule has 1 N–H and O–H groups in total. The van der Waals surface area contributed by atoms with Crippen LogP contribution in [0.5, 0.6) is 0 Å². The lowest BCUT2D eigenvalue weighted by Crippen LogP contribution is -2.40. The summed E-state index contributed by atoms with van der Waals surface area (Å²) in [6, 6.07) is 0. The molecule has 0 unspecified atom stereocenters. The van der Waals surface area contributed by atoms with Crippen LogP contribution in [0.4, 0.5) is 0 Å². The first kappa shape index (κ1) is 24.0. The molecule has 0 aromatic carbocycles. The van der Waals surface area contributed by atoms with Gasteiger partial charge < -0.3 is 19.7 Å². The van der Waals surface area contributed by atoms with E-state index in [2.05, 4.69) is 24.2 Å². The van der Waals surface area contributed by atoms with E-state index in [0.717, 1.165) is 57.8 Å². The van der Waals surface area contributed by atoms with Crippen molar-refractivity contribution in [3.05, 3.63) is 0 Å². The molecule has 2 fully saturated rings. The minimum absolute atomic E-state index is 0. The maximum absolute atomic E-state index is 6.00. The van der Waals surface area contributed by atoms with Crippen LogP contribution in [-0.2, 0) is 9.47 Å². The molecule has 0 aromatic rings. The van der Waals surface area contributed by atoms with Crippen molar-refractivity contribution in [2.45, 2.75) is 70.8 Å². The highest BCUT2D eigenvalue weighted by atomic mass is 127. The van der Waals surface area contributed by atoms with E-state index in [9.17, 15) is 0 Å². The van der Waals surface area contributed by atoms with Gasteiger partial charge in [0.1, 0.15) is 0 Å². The Bertz CT molecular complexity index is 370. The zero-order valence-electron chi connectivity index (χ0n) is 16.9. The number of halogens is 1. The van der Waals surface area contributed by atoms with Crippen LogP contribution < -0.4 is 5.32 Å². The van der Waals surface area contributed by atoms with Crippen molar-refractivity contribution in [3.63, 3.8) is 0 Å². The van der Waals surface area contributed by atoms with Gasteiger partial charge >= 0.3 is 0 Å². The van der Waals surface area contributed by atoms with Crippen LogP contribution in [0.1, 0.15) is 64.7 Å². The third-order valence-electron chi connectivity index (χ3n) is 5.38. The van der Waals surface area contributed by atoms with Gasteiger partial charge in [-0.25, -0.2) is 0 Å². The second kappa shape index (κ2) is 14.9. The Kier molecular flexibility index (Phi) is 13.7. The average Bonchev–Trinajstić information content (AvgIpc) is 2.66. The monoisotopic (exact) mass is 481 g/mol. The molecule has 0 bridgehead atoms. The van der Waals surface area contributed by atoms with E-state index in [1.54, 1.807) is 0 Å². The number of rotatable bonds is 9. The summed E-state index contributed by atoms with van der Waals surface area (Å²) >= 11 is 0. The number of guanidine groups is 1. The first-order valence-corrected chi connectivity index (χ1v) is 10.5. The Morgan fingerprint density at radius 1 is 1.15 bits per heavy atom. The van der Waals surface area contributed by atoms with Crippen LogP contribution in [0, 0.1) is 5.92 Å². The highest BCUT2D eigenvalue weighted by Gasteiger charge is 2.15. The Morgan fingerprint density at radius 2 is 1.88 bits per heavy atom. The van der Waals surface area contributed by atoms with Crippen molar-refractivity contribution in [2.75, 3.05) is 46.5 Å². The number of nitrogens with one attached hydrogen (secondary N) is 1. The molecule has 1 aliphatic carbocycles. The Balaban J connectivity index is 0.00000338. The SMILES string of the molecule is CCNC(=NCCCOC1CCCCC1)N(C)CCC1CCOCC1.I. The van der Waals surface area contributed by atoms with E-state index in [1.165, 1.54) is 51.4 Å². The molecule has 0 atom stereocenters. The second-order valence-corrected chi connectivity index (χ2v) is 7.49. The van der Waals surface area contributed by atoms with Gasteiger partial charge in [-0.15, -0.1) is 24.0 Å². The molecule has 5 nitrogen and oxygen atoms in total. The predicted octanol–water partition coefficient (Wildman–Crippen LogP) is 4.06. The van der Waals surface area contributed by atoms with E-state index in [4.69, 9.17) is 14.5 Å². The second-order valence-electron chi connectivity index (χ2n) is 7.49. The smallest absolute Gasteiger partial charge is 0.193 e. The first-order valence-electron chi connectivity index (χ1n) is 10.5. The number of ether oxygens (including phenoxy) is 2. The molecular formula is C20H40IN3O2. The van der Waals surface area contributed by atoms with Crippen molar-refractivity contribution in [1.29, 1.82) is 0 Å². The summed E-state index contributed by atoms with van der Waals surface area (Å²) in [7, 11) is 2.15. The fourth-order valence-corrected chi connectivity index (χ4v) is 3.72. The fraction of sp³-hybridized carbons (Fsp3) is 0.950. The first-order chi connectivity index (χ1) is 12.3. The zero-order valence-corrected chi connectivity index (χ0v) is 19.2. The number of hydrogen-bond acceptors (Lipinski definition) is 3. The minimum Gasteiger partial charge on any atom is -0.381 e. The maximum Gasteiger partial charge on any atom is 0.193 e. The Labute approximate surface area is 177 Å². The largest absolute Gasteiger partial charge is 0.381 e. The van der Waals surface area contributed by atoms with Gasteiger partial charge in [0.25, 0.3) is 0 Å². The van der Waals surface area contributed by atoms with Crippen molar-refractivity contribution in [1.82, 2.24) is 10.2 Å². The molecule has 6 heteroatoms. The minimum atomic E-state index is 0. The van der Waals surface area contributed by atoms with Crippen LogP contribution >= 0.6 is 24.0 Å². The van der Waals surface area contributed by atoms with E-state index in [0.29, 0.717) is 6.10 Å². The topological polar surface area (TPSA) is 46.1 Å². The quantitative estimate of drug-likeness (QED) is 0.234. The molecule has 1 saturated carbocycles. The van der Waals surface area contributed by atoms with Gasteiger partial charge in [0.15, 0.2) is 5.96 Å². The zero-order chi connectivity index (χ0) is 17.7. The molecule has 0 radical (unpaired) electrons. The number of hydrogen-bond donors (Lipinski definition) is 1. The van der Waals surface area contributed by atoms with Gasteiger partial charge in [-0.1, -0.05) is 19.3 Å². The van der Waals surface area contributed by atoms with Crippen LogP contribution in [0.25, 0.3) is 0 Å². The highest BCUT2D eigenvalue weighted by molar-refractivity contribution is 14.0. The summed E-state index contributed by atoms with van der Waals surface area (Å²) in [5.41, 5.74) is 0. The van der Waals surface area contributed by atoms with E-state index in [-0.39, 0.29) is 24.0 Å². The van der Waals surface area contributed by atoms with Gasteiger partial charge in [0.2, 0.25) is 0 Å². The molecule has 1 heterocycles. The van der Waals surface area contributed by atoms with Crippen molar-refractivity contribution < 1.29 is 9.47 Å². The van der Waals surface area contributed by atoms with Crippen molar-refractivity contribution >= 4 is 29.9 Å². The summed E-state index contributed by atoms with van der Waals surface area (Å²) in [6.45, 7) is 7.67. The Morgan fingerprint density at radius 3 is 2.58 bits per heavy atom. The molecule has 1 saturated heterocycles. The lowest BCUT2D eigenvalue weighted by atomic mass is 9.96. The molecule has 0 amide bonds. The molecule has 0 aromatic heterocycles. The molecule has 1 aliphatic heterocycles. The summed E-state index contributed by atoms with van der Waals surface area (Å²) in [6.07, 6.45) is 11.7. The van der Waals surface area contributed by atoms with Crippen molar-refractivity contribution in [3.8, 4) is 0 Å². The molecule has 2 rings (SSSR count). The molecule has 2 aliphatic rings. The van der Waals surface area contributed by atoms with Crippen LogP contribution in [0.3, 0.4) is 0 Å². The van der Waals surface area contributed by atoms with Crippen LogP contribution in [-0.4, -0.2) is 63.5 Å². The lowest BCUT2D eigenvalue weighted by molar-refractivity contribution is 0.0281. The third-order valence-corrected chi connectivity index (χ3v) is 5.38. The number of aliphatic imine (C=N–C) groups is 1. The van der Waals surface area contributed by atoms with E-state index < -0.39 is 0 Å². The third kappa shape index (κ3) is 9.74. The van der Waals surface area contributed by atoms with Gasteiger partial charge in [-0.05, 0) is 51.4 Å². The van der Waals surface area contributed by atoms with Crippen molar-refractivity contribution in [2.24, 2.45) is 10.9 Å².